The first-order valence-corrected chi connectivity index (χ1v) is 9.59. The van der Waals surface area contributed by atoms with Gasteiger partial charge in [-0.2, -0.15) is 0 Å². The first-order valence-electron chi connectivity index (χ1n) is 8.61. The van der Waals surface area contributed by atoms with Gasteiger partial charge in [-0.15, -0.1) is 0 Å². The predicted molar refractivity (Wildman–Crippen MR) is 100 cm³/mol. The van der Waals surface area contributed by atoms with Crippen LogP contribution in [0, 0.1) is 0 Å². The monoisotopic (exact) mass is 342 g/mol. The summed E-state index contributed by atoms with van der Waals surface area (Å²) in [5.74, 6) is 0.912. The summed E-state index contributed by atoms with van der Waals surface area (Å²) in [7, 11) is 2.21. The molecule has 0 bridgehead atoms. The lowest BCUT2D eigenvalue weighted by molar-refractivity contribution is 0.194. The molecule has 1 aliphatic heterocycles. The van der Waals surface area contributed by atoms with Crippen LogP contribution in [0.4, 0.5) is 0 Å². The lowest BCUT2D eigenvalue weighted by atomic mass is 10.2. The first kappa shape index (κ1) is 17.4. The minimum atomic E-state index is 0.574. The van der Waals surface area contributed by atoms with Gasteiger partial charge in [0.1, 0.15) is 0 Å². The van der Waals surface area contributed by atoms with E-state index >= 15 is 0 Å². The van der Waals surface area contributed by atoms with Crippen LogP contribution in [0.25, 0.3) is 0 Å². The highest BCUT2D eigenvalue weighted by atomic mass is 32.2. The van der Waals surface area contributed by atoms with Crippen LogP contribution in [0.3, 0.4) is 0 Å². The summed E-state index contributed by atoms with van der Waals surface area (Å²) in [5.41, 5.74) is 2.51. The second kappa shape index (κ2) is 8.60. The van der Waals surface area contributed by atoms with E-state index in [-0.39, 0.29) is 0 Å². The van der Waals surface area contributed by atoms with E-state index in [2.05, 4.69) is 58.0 Å². The number of aromatic nitrogens is 2. The topological polar surface area (TPSA) is 32.3 Å². The van der Waals surface area contributed by atoms with E-state index in [1.54, 1.807) is 11.8 Å². The summed E-state index contributed by atoms with van der Waals surface area (Å²) in [6.45, 7) is 6.72. The molecule has 0 N–H and O–H groups in total. The van der Waals surface area contributed by atoms with Crippen molar-refractivity contribution in [3.8, 4) is 0 Å². The molecule has 0 aliphatic carbocycles. The third-order valence-electron chi connectivity index (χ3n) is 4.46. The first-order chi connectivity index (χ1) is 11.7. The Kier molecular flexibility index (Phi) is 6.24. The van der Waals surface area contributed by atoms with Gasteiger partial charge in [0.2, 0.25) is 0 Å². The van der Waals surface area contributed by atoms with Gasteiger partial charge in [-0.3, -0.25) is 4.90 Å². The van der Waals surface area contributed by atoms with E-state index in [0.29, 0.717) is 6.04 Å². The van der Waals surface area contributed by atoms with Gasteiger partial charge in [-0.05, 0) is 32.5 Å². The highest BCUT2D eigenvalue weighted by molar-refractivity contribution is 7.98. The fourth-order valence-corrected chi connectivity index (χ4v) is 3.86. The molecule has 1 atom stereocenters. The molecule has 24 heavy (non-hydrogen) atoms. The van der Waals surface area contributed by atoms with Gasteiger partial charge >= 0.3 is 0 Å². The Morgan fingerprint density at radius 3 is 2.58 bits per heavy atom. The molecule has 0 unspecified atom stereocenters. The van der Waals surface area contributed by atoms with Gasteiger partial charge in [-0.25, -0.2) is 9.97 Å². The maximum absolute atomic E-state index is 4.54. The average Bonchev–Trinajstić information content (AvgIpc) is 2.76. The quantitative estimate of drug-likeness (QED) is 0.615. The van der Waals surface area contributed by atoms with Crippen LogP contribution >= 0.6 is 11.8 Å². The zero-order chi connectivity index (χ0) is 16.8. The molecule has 0 saturated carbocycles. The van der Waals surface area contributed by atoms with Crippen molar-refractivity contribution in [3.63, 3.8) is 0 Å². The zero-order valence-corrected chi connectivity index (χ0v) is 15.4. The number of likely N-dealkylation sites (N-methyl/N-ethyl adjacent to an activating group) is 1. The molecule has 0 amide bonds. The van der Waals surface area contributed by atoms with Crippen LogP contribution in [-0.2, 0) is 12.3 Å². The van der Waals surface area contributed by atoms with Gasteiger partial charge in [-0.1, -0.05) is 42.1 Å². The van der Waals surface area contributed by atoms with Crippen molar-refractivity contribution in [2.24, 2.45) is 0 Å². The number of nitrogens with zero attached hydrogens (tertiary/aromatic N) is 4. The van der Waals surface area contributed by atoms with E-state index in [1.807, 2.05) is 18.5 Å². The second-order valence-electron chi connectivity index (χ2n) is 6.58. The molecule has 4 nitrogen and oxygen atoms in total. The van der Waals surface area contributed by atoms with Crippen LogP contribution in [0.2, 0.25) is 0 Å². The molecular formula is C19H26N4S. The zero-order valence-electron chi connectivity index (χ0n) is 14.6. The Balaban J connectivity index is 1.54. The van der Waals surface area contributed by atoms with Crippen LogP contribution < -0.4 is 0 Å². The lowest BCUT2D eigenvalue weighted by Gasteiger charge is -2.27. The maximum Gasteiger partial charge on any atom is 0.187 e. The van der Waals surface area contributed by atoms with E-state index in [1.165, 1.54) is 24.1 Å². The summed E-state index contributed by atoms with van der Waals surface area (Å²) in [5, 5.41) is 0.853. The van der Waals surface area contributed by atoms with Crippen molar-refractivity contribution in [2.75, 3.05) is 26.7 Å². The van der Waals surface area contributed by atoms with Gasteiger partial charge in [0.15, 0.2) is 5.16 Å². The molecule has 1 aromatic carbocycles. The Morgan fingerprint density at radius 1 is 1.08 bits per heavy atom. The predicted octanol–water partition coefficient (Wildman–Crippen LogP) is 3.29. The number of benzene rings is 1. The van der Waals surface area contributed by atoms with Crippen LogP contribution in [0.1, 0.15) is 24.5 Å². The van der Waals surface area contributed by atoms with Gasteiger partial charge in [0, 0.05) is 49.4 Å². The normalized spacial score (nSPS) is 20.0. The summed E-state index contributed by atoms with van der Waals surface area (Å²) >= 11 is 1.69. The van der Waals surface area contributed by atoms with Gasteiger partial charge in [0.25, 0.3) is 0 Å². The summed E-state index contributed by atoms with van der Waals surface area (Å²) in [4.78, 5) is 14.0. The maximum atomic E-state index is 4.54. The minimum Gasteiger partial charge on any atom is -0.305 e. The highest BCUT2D eigenvalue weighted by Gasteiger charge is 2.19. The average molecular weight is 343 g/mol. The van der Waals surface area contributed by atoms with Crippen LogP contribution in [-0.4, -0.2) is 52.5 Å². The Bertz CT molecular complexity index is 617. The van der Waals surface area contributed by atoms with E-state index in [4.69, 9.17) is 0 Å². The van der Waals surface area contributed by atoms with Crippen molar-refractivity contribution >= 4 is 11.8 Å². The van der Waals surface area contributed by atoms with Crippen LogP contribution in [0.5, 0.6) is 0 Å². The fraction of sp³-hybridized carbons (Fsp3) is 0.474. The largest absolute Gasteiger partial charge is 0.305 e. The smallest absolute Gasteiger partial charge is 0.187 e. The van der Waals surface area contributed by atoms with E-state index in [9.17, 15) is 0 Å². The standard InChI is InChI=1S/C19H26N4S/c1-16-13-22(2)9-6-10-23(16)14-18-11-20-19(21-12-18)24-15-17-7-4-3-5-8-17/h3-5,7-8,11-12,16H,6,9-10,13-15H2,1-2H3/t16-/m1/s1. The number of rotatable bonds is 5. The fourth-order valence-electron chi connectivity index (χ4n) is 3.11. The second-order valence-corrected chi connectivity index (χ2v) is 7.53. The van der Waals surface area contributed by atoms with Crippen molar-refractivity contribution in [2.45, 2.75) is 36.8 Å². The van der Waals surface area contributed by atoms with Crippen molar-refractivity contribution in [3.05, 3.63) is 53.9 Å². The number of thioether (sulfide) groups is 1. The molecule has 2 aromatic rings. The molecule has 3 rings (SSSR count). The van der Waals surface area contributed by atoms with Crippen LogP contribution in [0.15, 0.2) is 47.9 Å². The molecule has 1 aromatic heterocycles. The molecule has 0 spiro atoms. The lowest BCUT2D eigenvalue weighted by Crippen LogP contribution is -2.37. The minimum absolute atomic E-state index is 0.574. The van der Waals surface area contributed by atoms with Crippen molar-refractivity contribution < 1.29 is 0 Å². The van der Waals surface area contributed by atoms with Gasteiger partial charge in [0.05, 0.1) is 0 Å². The summed E-state index contributed by atoms with van der Waals surface area (Å²) < 4.78 is 0. The van der Waals surface area contributed by atoms with Crippen molar-refractivity contribution in [1.82, 2.24) is 19.8 Å². The Hall–Kier alpha value is -1.43. The molecule has 1 fully saturated rings. The summed E-state index contributed by atoms with van der Waals surface area (Å²) in [6, 6.07) is 11.0. The van der Waals surface area contributed by atoms with Gasteiger partial charge < -0.3 is 4.90 Å². The molecule has 1 saturated heterocycles. The third kappa shape index (κ3) is 5.03. The molecule has 1 aliphatic rings. The Labute approximate surface area is 149 Å². The molecular weight excluding hydrogens is 316 g/mol. The molecule has 128 valence electrons. The van der Waals surface area contributed by atoms with Crippen molar-refractivity contribution in [1.29, 1.82) is 0 Å². The number of hydrogen-bond donors (Lipinski definition) is 0. The highest BCUT2D eigenvalue weighted by Crippen LogP contribution is 2.19. The molecule has 5 heteroatoms. The van der Waals surface area contributed by atoms with E-state index in [0.717, 1.165) is 30.5 Å². The SMILES string of the molecule is C[C@@H]1CN(C)CCCN1Cc1cnc(SCc2ccccc2)nc1. The number of hydrogen-bond acceptors (Lipinski definition) is 5. The molecule has 2 heterocycles. The Morgan fingerprint density at radius 2 is 1.83 bits per heavy atom. The summed E-state index contributed by atoms with van der Waals surface area (Å²) in [6.07, 6.45) is 5.20. The third-order valence-corrected chi connectivity index (χ3v) is 5.41. The molecule has 0 radical (unpaired) electrons. The van der Waals surface area contributed by atoms with E-state index < -0.39 is 0 Å².